The SMILES string of the molecule is Cc1cc(N)nc(SCCC(=O)N(C)C)n1. The summed E-state index contributed by atoms with van der Waals surface area (Å²) in [4.78, 5) is 21.2. The van der Waals surface area contributed by atoms with E-state index in [1.807, 2.05) is 6.92 Å². The Kier molecular flexibility index (Phi) is 4.54. The van der Waals surface area contributed by atoms with Crippen molar-refractivity contribution in [2.45, 2.75) is 18.5 Å². The zero-order chi connectivity index (χ0) is 12.1. The van der Waals surface area contributed by atoms with E-state index in [-0.39, 0.29) is 5.91 Å². The third-order valence-corrected chi connectivity index (χ3v) is 2.75. The number of carbonyl (C=O) groups is 1. The Balaban J connectivity index is 2.46. The molecule has 0 aliphatic carbocycles. The van der Waals surface area contributed by atoms with Crippen LogP contribution in [-0.2, 0) is 4.79 Å². The van der Waals surface area contributed by atoms with Crippen LogP contribution in [0, 0.1) is 6.92 Å². The van der Waals surface area contributed by atoms with E-state index in [1.54, 1.807) is 25.1 Å². The van der Waals surface area contributed by atoms with Crippen LogP contribution >= 0.6 is 11.8 Å². The topological polar surface area (TPSA) is 72.1 Å². The number of anilines is 1. The molecule has 0 aromatic carbocycles. The first-order chi connectivity index (χ1) is 7.49. The van der Waals surface area contributed by atoms with Crippen LogP contribution in [-0.4, -0.2) is 40.6 Å². The fraction of sp³-hybridized carbons (Fsp3) is 0.500. The molecule has 1 rings (SSSR count). The molecule has 0 saturated carbocycles. The second kappa shape index (κ2) is 5.69. The molecule has 88 valence electrons. The number of thioether (sulfide) groups is 1. The Morgan fingerprint density at radius 3 is 2.75 bits per heavy atom. The molecule has 0 saturated heterocycles. The van der Waals surface area contributed by atoms with Gasteiger partial charge in [-0.3, -0.25) is 4.79 Å². The zero-order valence-corrected chi connectivity index (χ0v) is 10.5. The van der Waals surface area contributed by atoms with Crippen molar-refractivity contribution in [1.29, 1.82) is 0 Å². The molecule has 1 aromatic heterocycles. The summed E-state index contributed by atoms with van der Waals surface area (Å²) >= 11 is 1.44. The lowest BCUT2D eigenvalue weighted by molar-refractivity contribution is -0.128. The number of hydrogen-bond acceptors (Lipinski definition) is 5. The number of carbonyl (C=O) groups excluding carboxylic acids is 1. The van der Waals surface area contributed by atoms with Crippen LogP contribution < -0.4 is 5.73 Å². The number of nitrogens with zero attached hydrogens (tertiary/aromatic N) is 3. The number of amides is 1. The fourth-order valence-corrected chi connectivity index (χ4v) is 1.92. The van der Waals surface area contributed by atoms with Gasteiger partial charge in [-0.2, -0.15) is 0 Å². The molecule has 0 spiro atoms. The van der Waals surface area contributed by atoms with Crippen LogP contribution in [0.5, 0.6) is 0 Å². The molecule has 0 aliphatic rings. The number of aromatic nitrogens is 2. The van der Waals surface area contributed by atoms with Crippen molar-refractivity contribution >= 4 is 23.5 Å². The van der Waals surface area contributed by atoms with E-state index in [2.05, 4.69) is 9.97 Å². The molecule has 0 aliphatic heterocycles. The van der Waals surface area contributed by atoms with Crippen molar-refractivity contribution in [3.63, 3.8) is 0 Å². The Morgan fingerprint density at radius 1 is 1.50 bits per heavy atom. The number of nitrogen functional groups attached to an aromatic ring is 1. The summed E-state index contributed by atoms with van der Waals surface area (Å²) in [5.41, 5.74) is 6.44. The Hall–Kier alpha value is -1.30. The predicted octanol–water partition coefficient (Wildman–Crippen LogP) is 0.938. The lowest BCUT2D eigenvalue weighted by atomic mass is 10.4. The highest BCUT2D eigenvalue weighted by molar-refractivity contribution is 7.99. The maximum absolute atomic E-state index is 11.3. The monoisotopic (exact) mass is 240 g/mol. The second-order valence-corrected chi connectivity index (χ2v) is 4.67. The summed E-state index contributed by atoms with van der Waals surface area (Å²) in [6.45, 7) is 1.87. The third kappa shape index (κ3) is 4.06. The normalized spacial score (nSPS) is 10.2. The minimum absolute atomic E-state index is 0.105. The molecule has 0 bridgehead atoms. The average Bonchev–Trinajstić information content (AvgIpc) is 2.15. The highest BCUT2D eigenvalue weighted by Gasteiger charge is 2.05. The van der Waals surface area contributed by atoms with Gasteiger partial charge in [0, 0.05) is 38.0 Å². The number of aryl methyl sites for hydroxylation is 1. The molecule has 16 heavy (non-hydrogen) atoms. The van der Waals surface area contributed by atoms with Crippen molar-refractivity contribution < 1.29 is 4.79 Å². The molecule has 0 fully saturated rings. The highest BCUT2D eigenvalue weighted by atomic mass is 32.2. The molecular formula is C10H16N4OS. The minimum Gasteiger partial charge on any atom is -0.384 e. The lowest BCUT2D eigenvalue weighted by Gasteiger charge is -2.09. The minimum atomic E-state index is 0.105. The standard InChI is InChI=1S/C10H16N4OS/c1-7-6-8(11)13-10(12-7)16-5-4-9(15)14(2)3/h6H,4-5H2,1-3H3,(H2,11,12,13). The molecule has 5 nitrogen and oxygen atoms in total. The third-order valence-electron chi connectivity index (χ3n) is 1.90. The van der Waals surface area contributed by atoms with E-state index < -0.39 is 0 Å². The van der Waals surface area contributed by atoms with E-state index in [9.17, 15) is 4.79 Å². The van der Waals surface area contributed by atoms with E-state index in [1.165, 1.54) is 11.8 Å². The summed E-state index contributed by atoms with van der Waals surface area (Å²) in [5.74, 6) is 1.24. The van der Waals surface area contributed by atoms with Gasteiger partial charge in [-0.1, -0.05) is 11.8 Å². The Labute approximate surface area is 99.4 Å². The van der Waals surface area contributed by atoms with E-state index in [0.717, 1.165) is 5.69 Å². The smallest absolute Gasteiger partial charge is 0.222 e. The van der Waals surface area contributed by atoms with Gasteiger partial charge in [-0.05, 0) is 6.92 Å². The molecule has 0 radical (unpaired) electrons. The summed E-state index contributed by atoms with van der Waals surface area (Å²) in [7, 11) is 3.49. The van der Waals surface area contributed by atoms with Gasteiger partial charge in [-0.25, -0.2) is 9.97 Å². The van der Waals surface area contributed by atoms with E-state index in [0.29, 0.717) is 23.1 Å². The van der Waals surface area contributed by atoms with Crippen molar-refractivity contribution in [3.05, 3.63) is 11.8 Å². The lowest BCUT2D eigenvalue weighted by Crippen LogP contribution is -2.21. The number of rotatable bonds is 4. The number of hydrogen-bond donors (Lipinski definition) is 1. The van der Waals surface area contributed by atoms with Crippen LogP contribution in [0.2, 0.25) is 0 Å². The van der Waals surface area contributed by atoms with Crippen LogP contribution in [0.4, 0.5) is 5.82 Å². The molecule has 0 unspecified atom stereocenters. The van der Waals surface area contributed by atoms with Crippen LogP contribution in [0.25, 0.3) is 0 Å². The second-order valence-electron chi connectivity index (χ2n) is 3.60. The van der Waals surface area contributed by atoms with Gasteiger partial charge in [0.15, 0.2) is 5.16 Å². The summed E-state index contributed by atoms with van der Waals surface area (Å²) < 4.78 is 0. The molecule has 1 aromatic rings. The van der Waals surface area contributed by atoms with Crippen molar-refractivity contribution in [2.75, 3.05) is 25.6 Å². The van der Waals surface area contributed by atoms with Crippen molar-refractivity contribution in [3.8, 4) is 0 Å². The van der Waals surface area contributed by atoms with Crippen LogP contribution in [0.3, 0.4) is 0 Å². The maximum Gasteiger partial charge on any atom is 0.222 e. The van der Waals surface area contributed by atoms with Crippen molar-refractivity contribution in [1.82, 2.24) is 14.9 Å². The summed E-state index contributed by atoms with van der Waals surface area (Å²) in [6.07, 6.45) is 0.481. The van der Waals surface area contributed by atoms with Crippen molar-refractivity contribution in [2.24, 2.45) is 0 Å². The average molecular weight is 240 g/mol. The van der Waals surface area contributed by atoms with Gasteiger partial charge >= 0.3 is 0 Å². The molecule has 1 amide bonds. The van der Waals surface area contributed by atoms with Gasteiger partial charge in [-0.15, -0.1) is 0 Å². The molecule has 0 atom stereocenters. The predicted molar refractivity (Wildman–Crippen MR) is 65.2 cm³/mol. The Bertz CT molecular complexity index is 361. The number of nitrogens with two attached hydrogens (primary N) is 1. The maximum atomic E-state index is 11.3. The zero-order valence-electron chi connectivity index (χ0n) is 9.73. The molecule has 2 N–H and O–H groups in total. The van der Waals surface area contributed by atoms with Gasteiger partial charge in [0.1, 0.15) is 5.82 Å². The summed E-state index contributed by atoms with van der Waals surface area (Å²) in [6, 6.07) is 1.72. The summed E-state index contributed by atoms with van der Waals surface area (Å²) in [5, 5.41) is 0.629. The van der Waals surface area contributed by atoms with Crippen LogP contribution in [0.1, 0.15) is 12.1 Å². The van der Waals surface area contributed by atoms with Gasteiger partial charge in [0.05, 0.1) is 0 Å². The van der Waals surface area contributed by atoms with Gasteiger partial charge < -0.3 is 10.6 Å². The van der Waals surface area contributed by atoms with E-state index >= 15 is 0 Å². The quantitative estimate of drug-likeness (QED) is 0.626. The van der Waals surface area contributed by atoms with E-state index in [4.69, 9.17) is 5.73 Å². The largest absolute Gasteiger partial charge is 0.384 e. The first kappa shape index (κ1) is 12.8. The first-order valence-corrected chi connectivity index (χ1v) is 5.91. The molecule has 1 heterocycles. The highest BCUT2D eigenvalue weighted by Crippen LogP contribution is 2.16. The molecule has 6 heteroatoms. The fourth-order valence-electron chi connectivity index (χ4n) is 1.08. The van der Waals surface area contributed by atoms with Crippen LogP contribution in [0.15, 0.2) is 11.2 Å². The molecular weight excluding hydrogens is 224 g/mol. The first-order valence-electron chi connectivity index (χ1n) is 4.93. The van der Waals surface area contributed by atoms with Gasteiger partial charge in [0.2, 0.25) is 5.91 Å². The Morgan fingerprint density at radius 2 is 2.19 bits per heavy atom. The van der Waals surface area contributed by atoms with Gasteiger partial charge in [0.25, 0.3) is 0 Å².